The molecule has 0 aliphatic heterocycles. The predicted molar refractivity (Wildman–Crippen MR) is 53.3 cm³/mol. The van der Waals surface area contributed by atoms with Crippen LogP contribution in [0, 0.1) is 0 Å². The van der Waals surface area contributed by atoms with Crippen molar-refractivity contribution in [1.29, 1.82) is 0 Å². The Kier molecular flexibility index (Phi) is 7.62. The molecule has 0 amide bonds. The number of hydrogen-bond acceptors (Lipinski definition) is 5. The van der Waals surface area contributed by atoms with Gasteiger partial charge < -0.3 is 14.2 Å². The Balaban J connectivity index is 3.49. The lowest BCUT2D eigenvalue weighted by Crippen LogP contribution is -2.15. The smallest absolute Gasteiger partial charge is 0.306 e. The van der Waals surface area contributed by atoms with E-state index in [0.717, 1.165) is 0 Å². The highest BCUT2D eigenvalue weighted by atomic mass is 16.6. The van der Waals surface area contributed by atoms with Crippen LogP contribution in [0.15, 0.2) is 0 Å². The number of esters is 2. The minimum absolute atomic E-state index is 0.0509. The Morgan fingerprint density at radius 3 is 2.20 bits per heavy atom. The summed E-state index contributed by atoms with van der Waals surface area (Å²) in [6.07, 6.45) is -0.0405. The van der Waals surface area contributed by atoms with Gasteiger partial charge in [0.15, 0.2) is 0 Å². The predicted octanol–water partition coefficient (Wildman–Crippen LogP) is 0.908. The molecule has 0 saturated heterocycles. The third-order valence-corrected chi connectivity index (χ3v) is 1.45. The maximum atomic E-state index is 11.0. The second-order valence-corrected chi connectivity index (χ2v) is 3.25. The highest BCUT2D eigenvalue weighted by Gasteiger charge is 2.09. The van der Waals surface area contributed by atoms with Gasteiger partial charge in [0.1, 0.15) is 6.61 Å². The van der Waals surface area contributed by atoms with Gasteiger partial charge >= 0.3 is 11.9 Å². The molecule has 15 heavy (non-hydrogen) atoms. The van der Waals surface area contributed by atoms with E-state index in [1.54, 1.807) is 13.8 Å². The maximum absolute atomic E-state index is 11.0. The summed E-state index contributed by atoms with van der Waals surface area (Å²) >= 11 is 0. The van der Waals surface area contributed by atoms with E-state index in [4.69, 9.17) is 14.2 Å². The number of rotatable bonds is 7. The fraction of sp³-hybridized carbons (Fsp3) is 0.800. The molecule has 0 heterocycles. The fourth-order valence-corrected chi connectivity index (χ4v) is 0.837. The van der Waals surface area contributed by atoms with Gasteiger partial charge in [0.2, 0.25) is 0 Å². The van der Waals surface area contributed by atoms with Gasteiger partial charge in [-0.1, -0.05) is 0 Å². The summed E-state index contributed by atoms with van der Waals surface area (Å²) in [7, 11) is 1.52. The normalized spacial score (nSPS) is 10.1. The van der Waals surface area contributed by atoms with E-state index in [1.165, 1.54) is 7.11 Å². The lowest BCUT2D eigenvalue weighted by atomic mass is 10.3. The van der Waals surface area contributed by atoms with Crippen LogP contribution in [-0.2, 0) is 23.8 Å². The second kappa shape index (κ2) is 8.23. The molecule has 5 heteroatoms. The van der Waals surface area contributed by atoms with E-state index < -0.39 is 5.97 Å². The summed E-state index contributed by atoms with van der Waals surface area (Å²) in [5, 5.41) is 0. The molecule has 0 aliphatic rings. The van der Waals surface area contributed by atoms with Crippen LogP contribution in [-0.4, -0.2) is 38.4 Å². The van der Waals surface area contributed by atoms with Gasteiger partial charge in [0.05, 0.1) is 25.6 Å². The number of methoxy groups -OCH3 is 1. The molecular weight excluding hydrogens is 200 g/mol. The minimum atomic E-state index is -0.409. The van der Waals surface area contributed by atoms with Crippen molar-refractivity contribution in [2.45, 2.75) is 32.8 Å². The Morgan fingerprint density at radius 2 is 1.67 bits per heavy atom. The number of carbonyl (C=O) groups is 2. The van der Waals surface area contributed by atoms with Crippen LogP contribution in [0.3, 0.4) is 0 Å². The van der Waals surface area contributed by atoms with Crippen molar-refractivity contribution >= 4 is 11.9 Å². The molecule has 5 nitrogen and oxygen atoms in total. The first-order chi connectivity index (χ1) is 7.06. The second-order valence-electron chi connectivity index (χ2n) is 3.25. The van der Waals surface area contributed by atoms with E-state index >= 15 is 0 Å². The van der Waals surface area contributed by atoms with Crippen molar-refractivity contribution < 1.29 is 23.8 Å². The van der Waals surface area contributed by atoms with Crippen molar-refractivity contribution in [3.8, 4) is 0 Å². The summed E-state index contributed by atoms with van der Waals surface area (Å²) in [6, 6.07) is 0. The van der Waals surface area contributed by atoms with Crippen LogP contribution in [0.25, 0.3) is 0 Å². The molecule has 0 spiro atoms. The average molecular weight is 218 g/mol. The first-order valence-corrected chi connectivity index (χ1v) is 4.90. The molecule has 0 N–H and O–H groups in total. The summed E-state index contributed by atoms with van der Waals surface area (Å²) < 4.78 is 14.3. The van der Waals surface area contributed by atoms with Gasteiger partial charge in [-0.2, -0.15) is 0 Å². The third kappa shape index (κ3) is 9.21. The molecule has 0 fully saturated rings. The first kappa shape index (κ1) is 13.9. The van der Waals surface area contributed by atoms with Crippen LogP contribution >= 0.6 is 0 Å². The molecule has 0 unspecified atom stereocenters. The third-order valence-electron chi connectivity index (χ3n) is 1.45. The van der Waals surface area contributed by atoms with Gasteiger partial charge in [0.25, 0.3) is 0 Å². The Hall–Kier alpha value is -1.10. The van der Waals surface area contributed by atoms with E-state index in [2.05, 4.69) is 0 Å². The molecule has 0 aromatic heterocycles. The zero-order valence-corrected chi connectivity index (χ0v) is 9.45. The first-order valence-electron chi connectivity index (χ1n) is 4.90. The van der Waals surface area contributed by atoms with Crippen LogP contribution in [0.2, 0.25) is 0 Å². The van der Waals surface area contributed by atoms with Crippen molar-refractivity contribution in [2.24, 2.45) is 0 Å². The maximum Gasteiger partial charge on any atom is 0.306 e. The van der Waals surface area contributed by atoms with Crippen LogP contribution in [0.5, 0.6) is 0 Å². The molecule has 0 rings (SSSR count). The Labute approximate surface area is 89.7 Å². The molecule has 88 valence electrons. The van der Waals surface area contributed by atoms with Crippen LogP contribution < -0.4 is 0 Å². The van der Waals surface area contributed by atoms with Crippen LogP contribution in [0.1, 0.15) is 26.7 Å². The number of carbonyl (C=O) groups excluding carboxylic acids is 2. The molecule has 0 bridgehead atoms. The monoisotopic (exact) mass is 218 g/mol. The van der Waals surface area contributed by atoms with Gasteiger partial charge in [-0.15, -0.1) is 0 Å². The molecule has 0 aromatic carbocycles. The molecule has 0 aromatic rings. The highest BCUT2D eigenvalue weighted by Crippen LogP contribution is 1.98. The zero-order chi connectivity index (χ0) is 11.7. The molecule has 0 saturated carbocycles. The molecule has 0 aliphatic carbocycles. The summed E-state index contributed by atoms with van der Waals surface area (Å²) in [5.74, 6) is -0.790. The van der Waals surface area contributed by atoms with Gasteiger partial charge in [-0.05, 0) is 13.8 Å². The minimum Gasteiger partial charge on any atom is -0.463 e. The van der Waals surface area contributed by atoms with Crippen molar-refractivity contribution in [1.82, 2.24) is 0 Å². The van der Waals surface area contributed by atoms with Crippen molar-refractivity contribution in [2.75, 3.05) is 20.3 Å². The van der Waals surface area contributed by atoms with E-state index in [9.17, 15) is 9.59 Å². The van der Waals surface area contributed by atoms with Crippen LogP contribution in [0.4, 0.5) is 0 Å². The molecular formula is C10H18O5. The van der Waals surface area contributed by atoms with Gasteiger partial charge in [-0.25, -0.2) is 0 Å². The van der Waals surface area contributed by atoms with Crippen molar-refractivity contribution in [3.05, 3.63) is 0 Å². The SMILES string of the molecule is COCCOC(=O)CCC(=O)OC(C)C. The Morgan fingerprint density at radius 1 is 1.07 bits per heavy atom. The quantitative estimate of drug-likeness (QED) is 0.469. The summed E-state index contributed by atoms with van der Waals surface area (Å²) in [4.78, 5) is 22.1. The Bertz CT molecular complexity index is 200. The zero-order valence-electron chi connectivity index (χ0n) is 9.45. The molecule has 0 atom stereocenters. The van der Waals surface area contributed by atoms with Gasteiger partial charge in [0, 0.05) is 7.11 Å². The van der Waals surface area contributed by atoms with Crippen molar-refractivity contribution in [3.63, 3.8) is 0 Å². The number of hydrogen-bond donors (Lipinski definition) is 0. The summed E-state index contributed by atoms with van der Waals surface area (Å²) in [5.41, 5.74) is 0. The lowest BCUT2D eigenvalue weighted by Gasteiger charge is -2.07. The van der Waals surface area contributed by atoms with E-state index in [0.29, 0.717) is 6.61 Å². The topological polar surface area (TPSA) is 61.8 Å². The van der Waals surface area contributed by atoms with E-state index in [-0.39, 0.29) is 31.5 Å². The van der Waals surface area contributed by atoms with E-state index in [1.807, 2.05) is 0 Å². The summed E-state index contributed by atoms with van der Waals surface area (Å²) in [6.45, 7) is 4.10. The standard InChI is InChI=1S/C10H18O5/c1-8(2)15-10(12)5-4-9(11)14-7-6-13-3/h8H,4-7H2,1-3H3. The molecule has 0 radical (unpaired) electrons. The number of ether oxygens (including phenoxy) is 3. The largest absolute Gasteiger partial charge is 0.463 e. The fourth-order valence-electron chi connectivity index (χ4n) is 0.837. The lowest BCUT2D eigenvalue weighted by molar-refractivity contribution is -0.153. The highest BCUT2D eigenvalue weighted by molar-refractivity contribution is 5.77. The van der Waals surface area contributed by atoms with Gasteiger partial charge in [-0.3, -0.25) is 9.59 Å². The average Bonchev–Trinajstić information content (AvgIpc) is 2.14.